The first kappa shape index (κ1) is 22.8. The number of morpholine rings is 1. The molecule has 0 saturated carbocycles. The van der Waals surface area contributed by atoms with Crippen LogP contribution in [0.15, 0.2) is 54.6 Å². The molecule has 2 aromatic rings. The van der Waals surface area contributed by atoms with Crippen LogP contribution < -0.4 is 5.32 Å². The molecule has 1 aliphatic heterocycles. The van der Waals surface area contributed by atoms with Gasteiger partial charge in [-0.3, -0.25) is 14.6 Å². The second-order valence-corrected chi connectivity index (χ2v) is 8.32. The van der Waals surface area contributed by atoms with Gasteiger partial charge in [0.25, 0.3) is 0 Å². The fourth-order valence-electron chi connectivity index (χ4n) is 3.70. The van der Waals surface area contributed by atoms with Crippen molar-refractivity contribution in [3.63, 3.8) is 0 Å². The van der Waals surface area contributed by atoms with E-state index in [0.717, 1.165) is 50.8 Å². The maximum atomic E-state index is 12.7. The molecule has 0 bridgehead atoms. The molecule has 0 radical (unpaired) electrons. The fourth-order valence-corrected chi connectivity index (χ4v) is 3.82. The highest BCUT2D eigenvalue weighted by Crippen LogP contribution is 2.11. The predicted molar refractivity (Wildman–Crippen MR) is 122 cm³/mol. The van der Waals surface area contributed by atoms with Crippen molar-refractivity contribution in [2.24, 2.45) is 0 Å². The minimum absolute atomic E-state index is 0.0636. The Hall–Kier alpha value is -1.92. The van der Waals surface area contributed by atoms with Crippen molar-refractivity contribution >= 4 is 17.5 Å². The second-order valence-electron chi connectivity index (χ2n) is 7.88. The standard InChI is InChI=1S/C24H32ClN3O2/c1-20(17-27-13-15-30-16-14-27)28(18-22-5-3-2-4-6-22)19-24(29)26-12-11-21-7-9-23(25)10-8-21/h2-10,20H,11-19H2,1H3,(H,26,29). The van der Waals surface area contributed by atoms with E-state index in [0.29, 0.717) is 13.1 Å². The monoisotopic (exact) mass is 429 g/mol. The number of nitrogens with zero attached hydrogens (tertiary/aromatic N) is 2. The van der Waals surface area contributed by atoms with Gasteiger partial charge in [-0.05, 0) is 36.6 Å². The highest BCUT2D eigenvalue weighted by molar-refractivity contribution is 6.30. The predicted octanol–water partition coefficient (Wildman–Crippen LogP) is 3.22. The summed E-state index contributed by atoms with van der Waals surface area (Å²) in [5, 5.41) is 3.80. The molecule has 0 spiro atoms. The average molecular weight is 430 g/mol. The molecular formula is C24H32ClN3O2. The summed E-state index contributed by atoms with van der Waals surface area (Å²) in [6, 6.07) is 18.4. The quantitative estimate of drug-likeness (QED) is 0.629. The van der Waals surface area contributed by atoms with Gasteiger partial charge in [-0.2, -0.15) is 0 Å². The zero-order chi connectivity index (χ0) is 21.2. The number of benzene rings is 2. The number of carbonyl (C=O) groups excluding carboxylic acids is 1. The third kappa shape index (κ3) is 7.73. The van der Waals surface area contributed by atoms with Gasteiger partial charge in [-0.1, -0.05) is 54.1 Å². The molecule has 6 heteroatoms. The molecule has 5 nitrogen and oxygen atoms in total. The summed E-state index contributed by atoms with van der Waals surface area (Å²) < 4.78 is 5.46. The molecule has 1 amide bonds. The third-order valence-electron chi connectivity index (χ3n) is 5.47. The lowest BCUT2D eigenvalue weighted by molar-refractivity contribution is -0.123. The maximum Gasteiger partial charge on any atom is 0.234 e. The molecule has 1 unspecified atom stereocenters. The number of halogens is 1. The minimum Gasteiger partial charge on any atom is -0.379 e. The molecule has 0 aromatic heterocycles. The highest BCUT2D eigenvalue weighted by Gasteiger charge is 2.21. The van der Waals surface area contributed by atoms with Gasteiger partial charge in [0.15, 0.2) is 0 Å². The van der Waals surface area contributed by atoms with Crippen molar-refractivity contribution in [3.05, 3.63) is 70.7 Å². The summed E-state index contributed by atoms with van der Waals surface area (Å²) >= 11 is 5.93. The Bertz CT molecular complexity index is 764. The molecule has 0 aliphatic carbocycles. The summed E-state index contributed by atoms with van der Waals surface area (Å²) in [6.07, 6.45) is 0.797. The molecule has 1 atom stereocenters. The van der Waals surface area contributed by atoms with Crippen molar-refractivity contribution in [1.82, 2.24) is 15.1 Å². The van der Waals surface area contributed by atoms with Crippen LogP contribution in [0, 0.1) is 0 Å². The Morgan fingerprint density at radius 1 is 1.10 bits per heavy atom. The maximum absolute atomic E-state index is 12.7. The molecule has 1 aliphatic rings. The topological polar surface area (TPSA) is 44.8 Å². The molecule has 1 heterocycles. The molecule has 1 N–H and O–H groups in total. The van der Waals surface area contributed by atoms with Crippen LogP contribution in [0.2, 0.25) is 5.02 Å². The van der Waals surface area contributed by atoms with E-state index in [2.05, 4.69) is 34.2 Å². The van der Waals surface area contributed by atoms with Crippen LogP contribution in [0.5, 0.6) is 0 Å². The number of rotatable bonds is 10. The molecule has 3 rings (SSSR count). The third-order valence-corrected chi connectivity index (χ3v) is 5.73. The Morgan fingerprint density at radius 3 is 2.50 bits per heavy atom. The first-order valence-electron chi connectivity index (χ1n) is 10.7. The lowest BCUT2D eigenvalue weighted by Gasteiger charge is -2.34. The first-order chi connectivity index (χ1) is 14.6. The largest absolute Gasteiger partial charge is 0.379 e. The van der Waals surface area contributed by atoms with E-state index >= 15 is 0 Å². The van der Waals surface area contributed by atoms with Crippen LogP contribution >= 0.6 is 11.6 Å². The summed E-state index contributed by atoms with van der Waals surface area (Å²) in [7, 11) is 0. The zero-order valence-corrected chi connectivity index (χ0v) is 18.5. The summed E-state index contributed by atoms with van der Waals surface area (Å²) in [4.78, 5) is 17.4. The molecule has 1 fully saturated rings. The second kappa shape index (κ2) is 12.1. The van der Waals surface area contributed by atoms with Gasteiger partial charge < -0.3 is 10.1 Å². The van der Waals surface area contributed by atoms with Crippen LogP contribution in [-0.2, 0) is 22.5 Å². The SMILES string of the molecule is CC(CN1CCOCC1)N(CC(=O)NCCc1ccc(Cl)cc1)Cc1ccccc1. The van der Waals surface area contributed by atoms with Crippen LogP contribution in [0.1, 0.15) is 18.1 Å². The van der Waals surface area contributed by atoms with E-state index in [1.807, 2.05) is 42.5 Å². The fraction of sp³-hybridized carbons (Fsp3) is 0.458. The van der Waals surface area contributed by atoms with Gasteiger partial charge in [-0.25, -0.2) is 0 Å². The number of amides is 1. The average Bonchev–Trinajstić information content (AvgIpc) is 2.76. The molecule has 162 valence electrons. The van der Waals surface area contributed by atoms with E-state index in [9.17, 15) is 4.79 Å². The highest BCUT2D eigenvalue weighted by atomic mass is 35.5. The summed E-state index contributed by atoms with van der Waals surface area (Å²) in [5.74, 6) is 0.0636. The van der Waals surface area contributed by atoms with Crippen molar-refractivity contribution in [3.8, 4) is 0 Å². The van der Waals surface area contributed by atoms with Gasteiger partial charge in [0.2, 0.25) is 5.91 Å². The molecule has 1 saturated heterocycles. The van der Waals surface area contributed by atoms with Gasteiger partial charge >= 0.3 is 0 Å². The lowest BCUT2D eigenvalue weighted by atomic mass is 10.1. The van der Waals surface area contributed by atoms with Crippen molar-refractivity contribution < 1.29 is 9.53 Å². The van der Waals surface area contributed by atoms with Crippen LogP contribution in [0.3, 0.4) is 0 Å². The lowest BCUT2D eigenvalue weighted by Crippen LogP contribution is -2.48. The minimum atomic E-state index is 0.0636. The van der Waals surface area contributed by atoms with Crippen LogP contribution in [0.25, 0.3) is 0 Å². The van der Waals surface area contributed by atoms with Crippen molar-refractivity contribution in [2.45, 2.75) is 25.9 Å². The smallest absolute Gasteiger partial charge is 0.234 e. The summed E-state index contributed by atoms with van der Waals surface area (Å²) in [6.45, 7) is 8.41. The Labute approximate surface area is 185 Å². The molecule has 2 aromatic carbocycles. The van der Waals surface area contributed by atoms with Crippen molar-refractivity contribution in [1.29, 1.82) is 0 Å². The summed E-state index contributed by atoms with van der Waals surface area (Å²) in [5.41, 5.74) is 2.39. The van der Waals surface area contributed by atoms with E-state index in [1.165, 1.54) is 11.1 Å². The Morgan fingerprint density at radius 2 is 1.80 bits per heavy atom. The number of hydrogen-bond donors (Lipinski definition) is 1. The first-order valence-corrected chi connectivity index (χ1v) is 11.1. The van der Waals surface area contributed by atoms with Gasteiger partial charge in [0.1, 0.15) is 0 Å². The van der Waals surface area contributed by atoms with E-state index in [4.69, 9.17) is 16.3 Å². The van der Waals surface area contributed by atoms with Gasteiger partial charge in [-0.15, -0.1) is 0 Å². The Kier molecular flexibility index (Phi) is 9.15. The van der Waals surface area contributed by atoms with Gasteiger partial charge in [0, 0.05) is 43.8 Å². The zero-order valence-electron chi connectivity index (χ0n) is 17.7. The number of carbonyl (C=O) groups is 1. The van der Waals surface area contributed by atoms with E-state index in [-0.39, 0.29) is 11.9 Å². The van der Waals surface area contributed by atoms with E-state index in [1.54, 1.807) is 0 Å². The number of ether oxygens (including phenoxy) is 1. The molecular weight excluding hydrogens is 398 g/mol. The van der Waals surface area contributed by atoms with Crippen molar-refractivity contribution in [2.75, 3.05) is 45.9 Å². The van der Waals surface area contributed by atoms with Crippen LogP contribution in [-0.4, -0.2) is 67.7 Å². The Balaban J connectivity index is 1.53. The normalized spacial score (nSPS) is 15.8. The number of nitrogens with one attached hydrogen (secondary N) is 1. The van der Waals surface area contributed by atoms with E-state index < -0.39 is 0 Å². The van der Waals surface area contributed by atoms with Crippen LogP contribution in [0.4, 0.5) is 0 Å². The molecule has 30 heavy (non-hydrogen) atoms. The van der Waals surface area contributed by atoms with Gasteiger partial charge in [0.05, 0.1) is 19.8 Å². The number of hydrogen-bond acceptors (Lipinski definition) is 4.